The summed E-state index contributed by atoms with van der Waals surface area (Å²) in [4.78, 5) is 28.9. The third kappa shape index (κ3) is 2.96. The molecule has 1 saturated heterocycles. The highest BCUT2D eigenvalue weighted by Gasteiger charge is 2.17. The predicted octanol–water partition coefficient (Wildman–Crippen LogP) is -2.07. The van der Waals surface area contributed by atoms with Gasteiger partial charge in [-0.15, -0.1) is 5.10 Å². The lowest BCUT2D eigenvalue weighted by atomic mass is 10.4. The molecule has 100 valence electrons. The van der Waals surface area contributed by atoms with Crippen molar-refractivity contribution in [2.45, 2.75) is 6.42 Å². The average Bonchev–Trinajstić information content (AvgIpc) is 2.55. The summed E-state index contributed by atoms with van der Waals surface area (Å²) >= 11 is 0. The fourth-order valence-electron chi connectivity index (χ4n) is 2.14. The van der Waals surface area contributed by atoms with Crippen molar-refractivity contribution in [1.82, 2.24) is 20.1 Å². The summed E-state index contributed by atoms with van der Waals surface area (Å²) in [6.45, 7) is 4.78. The molecule has 1 aliphatic rings. The minimum absolute atomic E-state index is 0.282. The Bertz CT molecular complexity index is 496. The minimum Gasteiger partial charge on any atom is -0.349 e. The maximum Gasteiger partial charge on any atom is 0.342 e. The maximum absolute atomic E-state index is 11.6. The van der Waals surface area contributed by atoms with Gasteiger partial charge in [0.05, 0.1) is 0 Å². The number of nitrogens with two attached hydrogens (primary N) is 1. The van der Waals surface area contributed by atoms with Crippen molar-refractivity contribution < 1.29 is 0 Å². The molecule has 0 saturated carbocycles. The topological polar surface area (TPSA) is 111 Å². The quantitative estimate of drug-likeness (QED) is 0.571. The van der Waals surface area contributed by atoms with E-state index in [9.17, 15) is 9.59 Å². The summed E-state index contributed by atoms with van der Waals surface area (Å²) in [6, 6.07) is 0. The van der Waals surface area contributed by atoms with Crippen LogP contribution in [0.5, 0.6) is 0 Å². The summed E-state index contributed by atoms with van der Waals surface area (Å²) in [5.41, 5.74) is 4.52. The molecule has 0 aromatic carbocycles. The van der Waals surface area contributed by atoms with Crippen LogP contribution in [0.15, 0.2) is 9.59 Å². The number of aromatic amines is 2. The Morgan fingerprint density at radius 2 is 2.06 bits per heavy atom. The lowest BCUT2D eigenvalue weighted by Crippen LogP contribution is -2.38. The molecule has 0 bridgehead atoms. The second-order valence-electron chi connectivity index (χ2n) is 4.30. The van der Waals surface area contributed by atoms with Gasteiger partial charge in [-0.1, -0.05) is 0 Å². The van der Waals surface area contributed by atoms with E-state index >= 15 is 0 Å². The number of aromatic nitrogens is 3. The van der Waals surface area contributed by atoms with Gasteiger partial charge in [-0.25, -0.2) is 9.89 Å². The highest BCUT2D eigenvalue weighted by atomic mass is 16.2. The number of hydrogen-bond acceptors (Lipinski definition) is 6. The van der Waals surface area contributed by atoms with Crippen molar-refractivity contribution in [1.29, 1.82) is 0 Å². The first-order valence-electron chi connectivity index (χ1n) is 6.07. The summed E-state index contributed by atoms with van der Waals surface area (Å²) in [5, 5.41) is 6.07. The van der Waals surface area contributed by atoms with Crippen LogP contribution < -0.4 is 21.9 Å². The van der Waals surface area contributed by atoms with Gasteiger partial charge < -0.3 is 15.5 Å². The first-order valence-corrected chi connectivity index (χ1v) is 6.07. The van der Waals surface area contributed by atoms with Gasteiger partial charge in [0.15, 0.2) is 0 Å². The number of hydrogen-bond donors (Lipinski definition) is 3. The van der Waals surface area contributed by atoms with Crippen molar-refractivity contribution in [3.63, 3.8) is 0 Å². The van der Waals surface area contributed by atoms with E-state index in [1.54, 1.807) is 0 Å². The van der Waals surface area contributed by atoms with Gasteiger partial charge >= 0.3 is 5.69 Å². The first kappa shape index (κ1) is 12.8. The monoisotopic (exact) mass is 254 g/mol. The summed E-state index contributed by atoms with van der Waals surface area (Å²) in [5.74, 6) is 0.282. The molecule has 1 fully saturated rings. The molecule has 1 aromatic rings. The largest absolute Gasteiger partial charge is 0.349 e. The lowest BCUT2D eigenvalue weighted by Gasteiger charge is -2.21. The molecule has 0 amide bonds. The van der Waals surface area contributed by atoms with E-state index in [0.29, 0.717) is 13.1 Å². The van der Waals surface area contributed by atoms with E-state index in [2.05, 4.69) is 20.1 Å². The highest BCUT2D eigenvalue weighted by Crippen LogP contribution is 2.07. The smallest absolute Gasteiger partial charge is 0.342 e. The molecule has 18 heavy (non-hydrogen) atoms. The van der Waals surface area contributed by atoms with E-state index in [4.69, 9.17) is 5.73 Å². The number of nitrogens with one attached hydrogen (secondary N) is 2. The number of nitrogens with zero attached hydrogens (tertiary/aromatic N) is 3. The molecule has 8 heteroatoms. The van der Waals surface area contributed by atoms with Gasteiger partial charge in [-0.3, -0.25) is 9.78 Å². The van der Waals surface area contributed by atoms with E-state index < -0.39 is 11.2 Å². The standard InChI is InChI=1S/C10H18N6O2/c11-2-5-15-3-1-4-16(7-6-15)8-9(17)12-10(18)14-13-8/h1-7,11H2,(H2,12,14,17,18). The number of rotatable bonds is 3. The highest BCUT2D eigenvalue weighted by molar-refractivity contribution is 5.34. The summed E-state index contributed by atoms with van der Waals surface area (Å²) in [7, 11) is 0. The van der Waals surface area contributed by atoms with Crippen LogP contribution in [0.1, 0.15) is 6.42 Å². The SMILES string of the molecule is NCCN1CCCN(c2n[nH]c(=O)[nH]c2=O)CC1. The molecular weight excluding hydrogens is 236 g/mol. The normalized spacial score (nSPS) is 17.7. The second-order valence-corrected chi connectivity index (χ2v) is 4.30. The Balaban J connectivity index is 2.10. The zero-order chi connectivity index (χ0) is 13.0. The molecule has 0 atom stereocenters. The Labute approximate surface area is 104 Å². The van der Waals surface area contributed by atoms with Gasteiger partial charge in [0.1, 0.15) is 0 Å². The fraction of sp³-hybridized carbons (Fsp3) is 0.700. The zero-order valence-electron chi connectivity index (χ0n) is 10.2. The second kappa shape index (κ2) is 5.78. The van der Waals surface area contributed by atoms with Crippen LogP contribution in [0.2, 0.25) is 0 Å². The Morgan fingerprint density at radius 3 is 2.78 bits per heavy atom. The molecule has 1 aromatic heterocycles. The molecule has 4 N–H and O–H groups in total. The van der Waals surface area contributed by atoms with Crippen LogP contribution in [0.3, 0.4) is 0 Å². The molecule has 0 radical (unpaired) electrons. The van der Waals surface area contributed by atoms with Crippen molar-refractivity contribution in [3.05, 3.63) is 20.8 Å². The molecular formula is C10H18N6O2. The van der Waals surface area contributed by atoms with Crippen LogP contribution in [-0.2, 0) is 0 Å². The van der Waals surface area contributed by atoms with Crippen LogP contribution in [0.4, 0.5) is 5.82 Å². The van der Waals surface area contributed by atoms with Crippen molar-refractivity contribution in [2.24, 2.45) is 5.73 Å². The number of H-pyrrole nitrogens is 2. The molecule has 2 heterocycles. The van der Waals surface area contributed by atoms with Crippen molar-refractivity contribution in [3.8, 4) is 0 Å². The molecule has 1 aliphatic heterocycles. The molecule has 0 unspecified atom stereocenters. The van der Waals surface area contributed by atoms with Crippen LogP contribution in [0.25, 0.3) is 0 Å². The van der Waals surface area contributed by atoms with Crippen molar-refractivity contribution >= 4 is 5.82 Å². The molecule has 0 aliphatic carbocycles. The van der Waals surface area contributed by atoms with Gasteiger partial charge in [0, 0.05) is 32.7 Å². The van der Waals surface area contributed by atoms with E-state index in [1.807, 2.05) is 4.90 Å². The predicted molar refractivity (Wildman–Crippen MR) is 67.8 cm³/mol. The van der Waals surface area contributed by atoms with E-state index in [1.165, 1.54) is 0 Å². The maximum atomic E-state index is 11.6. The van der Waals surface area contributed by atoms with E-state index in [-0.39, 0.29) is 5.82 Å². The molecule has 2 rings (SSSR count). The Hall–Kier alpha value is -1.67. The lowest BCUT2D eigenvalue weighted by molar-refractivity contribution is 0.302. The Morgan fingerprint density at radius 1 is 1.22 bits per heavy atom. The van der Waals surface area contributed by atoms with Crippen LogP contribution in [-0.4, -0.2) is 59.3 Å². The van der Waals surface area contributed by atoms with Gasteiger partial charge in [-0.05, 0) is 13.0 Å². The average molecular weight is 254 g/mol. The molecule has 8 nitrogen and oxygen atoms in total. The third-order valence-corrected chi connectivity index (χ3v) is 3.03. The Kier molecular flexibility index (Phi) is 4.11. The van der Waals surface area contributed by atoms with Crippen LogP contribution in [0, 0.1) is 0 Å². The third-order valence-electron chi connectivity index (χ3n) is 3.03. The fourth-order valence-corrected chi connectivity index (χ4v) is 2.14. The van der Waals surface area contributed by atoms with Crippen LogP contribution >= 0.6 is 0 Å². The van der Waals surface area contributed by atoms with Crippen molar-refractivity contribution in [2.75, 3.05) is 44.2 Å². The van der Waals surface area contributed by atoms with Gasteiger partial charge in [0.2, 0.25) is 5.82 Å². The minimum atomic E-state index is -0.580. The van der Waals surface area contributed by atoms with Gasteiger partial charge in [0.25, 0.3) is 5.56 Å². The zero-order valence-corrected chi connectivity index (χ0v) is 10.2. The summed E-state index contributed by atoms with van der Waals surface area (Å²) in [6.07, 6.45) is 0.945. The first-order chi connectivity index (χ1) is 8.70. The van der Waals surface area contributed by atoms with Gasteiger partial charge in [-0.2, -0.15) is 0 Å². The summed E-state index contributed by atoms with van der Waals surface area (Å²) < 4.78 is 0. The van der Waals surface area contributed by atoms with E-state index in [0.717, 1.165) is 32.6 Å². The number of anilines is 1. The molecule has 0 spiro atoms.